The summed E-state index contributed by atoms with van der Waals surface area (Å²) in [6.07, 6.45) is -1.62. The van der Waals surface area contributed by atoms with Crippen LogP contribution in [0.1, 0.15) is 41.0 Å². The summed E-state index contributed by atoms with van der Waals surface area (Å²) in [5.74, 6) is -0.470. The van der Waals surface area contributed by atoms with Gasteiger partial charge in [0.05, 0.1) is 5.02 Å². The molecule has 140 valence electrons. The topological polar surface area (TPSA) is 69.2 Å². The Morgan fingerprint density at radius 1 is 1.38 bits per heavy atom. The molecular weight excluding hydrogens is 371 g/mol. The summed E-state index contributed by atoms with van der Waals surface area (Å²) in [4.78, 5) is 14.1. The number of nitrogens with zero attached hydrogens (tertiary/aromatic N) is 2. The van der Waals surface area contributed by atoms with Crippen LogP contribution in [-0.4, -0.2) is 32.7 Å². The fourth-order valence-electron chi connectivity index (χ4n) is 2.84. The first-order chi connectivity index (χ1) is 12.3. The average molecular weight is 388 g/mol. The molecule has 1 fully saturated rings. The molecule has 1 saturated carbocycles. The number of benzene rings is 1. The minimum Gasteiger partial charge on any atom is -0.506 e. The molecule has 1 aromatic heterocycles. The van der Waals surface area contributed by atoms with Crippen molar-refractivity contribution in [2.75, 3.05) is 6.54 Å². The first kappa shape index (κ1) is 18.6. The predicted molar refractivity (Wildman–Crippen MR) is 88.8 cm³/mol. The summed E-state index contributed by atoms with van der Waals surface area (Å²) in [7, 11) is 0. The Hall–Kier alpha value is -2.22. The molecule has 2 N–H and O–H groups in total. The number of H-pyrrole nitrogens is 1. The molecule has 26 heavy (non-hydrogen) atoms. The van der Waals surface area contributed by atoms with E-state index in [1.165, 1.54) is 11.0 Å². The molecule has 1 aliphatic carbocycles. The number of hydrogen-bond acceptors (Lipinski definition) is 3. The second-order valence-corrected chi connectivity index (χ2v) is 6.80. The van der Waals surface area contributed by atoms with Crippen LogP contribution in [0, 0.1) is 5.92 Å². The van der Waals surface area contributed by atoms with Gasteiger partial charge in [-0.25, -0.2) is 0 Å². The van der Waals surface area contributed by atoms with Gasteiger partial charge < -0.3 is 10.0 Å². The van der Waals surface area contributed by atoms with Crippen LogP contribution in [-0.2, 0) is 12.7 Å². The molecule has 0 bridgehead atoms. The van der Waals surface area contributed by atoms with Gasteiger partial charge in [-0.15, -0.1) is 0 Å². The highest BCUT2D eigenvalue weighted by Gasteiger charge is 2.35. The van der Waals surface area contributed by atoms with Crippen molar-refractivity contribution in [1.82, 2.24) is 15.1 Å². The lowest BCUT2D eigenvalue weighted by Gasteiger charge is -2.32. The van der Waals surface area contributed by atoms with E-state index < -0.39 is 17.8 Å². The Bertz CT molecular complexity index is 803. The molecule has 1 heterocycles. The smallest absolute Gasteiger partial charge is 0.432 e. The van der Waals surface area contributed by atoms with E-state index in [4.69, 9.17) is 11.6 Å². The zero-order valence-corrected chi connectivity index (χ0v) is 14.4. The van der Waals surface area contributed by atoms with Crippen molar-refractivity contribution in [2.24, 2.45) is 5.92 Å². The lowest BCUT2D eigenvalue weighted by Crippen LogP contribution is -2.37. The molecule has 0 unspecified atom stereocenters. The van der Waals surface area contributed by atoms with E-state index in [0.29, 0.717) is 24.1 Å². The summed E-state index contributed by atoms with van der Waals surface area (Å²) in [5.41, 5.74) is -0.954. The second kappa shape index (κ2) is 7.19. The Kier molecular flexibility index (Phi) is 5.13. The molecule has 0 saturated heterocycles. The second-order valence-electron chi connectivity index (χ2n) is 6.39. The van der Waals surface area contributed by atoms with Crippen LogP contribution in [0.3, 0.4) is 0 Å². The number of nitrogens with one attached hydrogen (secondary N) is 1. The van der Waals surface area contributed by atoms with Gasteiger partial charge in [0, 0.05) is 24.7 Å². The summed E-state index contributed by atoms with van der Waals surface area (Å²) in [6.45, 7) is 0.426. The molecular formula is C17H17ClF3N3O2. The third kappa shape index (κ3) is 3.95. The Balaban J connectivity index is 1.84. The maximum Gasteiger partial charge on any atom is 0.432 e. The first-order valence-electron chi connectivity index (χ1n) is 8.14. The molecule has 1 amide bonds. The fourth-order valence-corrected chi connectivity index (χ4v) is 3.03. The van der Waals surface area contributed by atoms with Gasteiger partial charge >= 0.3 is 6.18 Å². The molecule has 0 spiro atoms. The minimum absolute atomic E-state index is 0.0376. The van der Waals surface area contributed by atoms with Crippen LogP contribution in [0.4, 0.5) is 13.2 Å². The zero-order valence-electron chi connectivity index (χ0n) is 13.7. The number of aromatic nitrogens is 2. The van der Waals surface area contributed by atoms with Crippen LogP contribution < -0.4 is 0 Å². The van der Waals surface area contributed by atoms with Gasteiger partial charge in [0.25, 0.3) is 5.91 Å². The van der Waals surface area contributed by atoms with Gasteiger partial charge in [-0.1, -0.05) is 30.2 Å². The van der Waals surface area contributed by atoms with E-state index in [1.807, 2.05) is 5.10 Å². The van der Waals surface area contributed by atoms with E-state index in [9.17, 15) is 23.1 Å². The van der Waals surface area contributed by atoms with Crippen LogP contribution >= 0.6 is 11.6 Å². The lowest BCUT2D eigenvalue weighted by molar-refractivity contribution is -0.141. The Morgan fingerprint density at radius 2 is 2.12 bits per heavy atom. The Labute approximate surface area is 152 Å². The highest BCUT2D eigenvalue weighted by molar-refractivity contribution is 6.32. The number of amides is 1. The largest absolute Gasteiger partial charge is 0.506 e. The number of alkyl halides is 3. The van der Waals surface area contributed by atoms with E-state index in [0.717, 1.165) is 19.3 Å². The fraction of sp³-hybridized carbons (Fsp3) is 0.412. The van der Waals surface area contributed by atoms with E-state index in [1.54, 1.807) is 12.1 Å². The molecule has 2 aromatic rings. The molecule has 0 radical (unpaired) electrons. The van der Waals surface area contributed by atoms with Gasteiger partial charge in [-0.05, 0) is 24.8 Å². The summed E-state index contributed by atoms with van der Waals surface area (Å²) < 4.78 is 38.2. The van der Waals surface area contributed by atoms with Crippen molar-refractivity contribution in [3.05, 3.63) is 46.2 Å². The maximum atomic E-state index is 12.7. The number of phenols is 1. The molecule has 1 aromatic carbocycles. The van der Waals surface area contributed by atoms with Crippen molar-refractivity contribution >= 4 is 17.5 Å². The van der Waals surface area contributed by atoms with Crippen LogP contribution in [0.2, 0.25) is 5.02 Å². The summed E-state index contributed by atoms with van der Waals surface area (Å²) >= 11 is 5.90. The number of para-hydroxylation sites is 1. The van der Waals surface area contributed by atoms with Gasteiger partial charge in [0.2, 0.25) is 0 Å². The van der Waals surface area contributed by atoms with Crippen molar-refractivity contribution in [3.8, 4) is 5.75 Å². The molecule has 1 aliphatic rings. The first-order valence-corrected chi connectivity index (χ1v) is 8.51. The number of halogens is 4. The molecule has 0 atom stereocenters. The van der Waals surface area contributed by atoms with Crippen LogP contribution in [0.25, 0.3) is 0 Å². The standard InChI is InChI=1S/C17H17ClF3N3O2/c18-12-6-2-5-11(15(12)25)9-24(8-10-3-1-4-10)16(26)13-7-14(23-22-13)17(19,20)21/h2,5-7,10,25H,1,3-4,8-9H2,(H,22,23). The van der Waals surface area contributed by atoms with Crippen molar-refractivity contribution < 1.29 is 23.1 Å². The van der Waals surface area contributed by atoms with Crippen LogP contribution in [0.15, 0.2) is 24.3 Å². The predicted octanol–water partition coefficient (Wildman–Crippen LogP) is 4.23. The number of rotatable bonds is 5. The Morgan fingerprint density at radius 3 is 2.69 bits per heavy atom. The lowest BCUT2D eigenvalue weighted by atomic mass is 9.85. The van der Waals surface area contributed by atoms with Crippen molar-refractivity contribution in [2.45, 2.75) is 32.0 Å². The van der Waals surface area contributed by atoms with E-state index >= 15 is 0 Å². The number of carbonyl (C=O) groups excluding carboxylic acids is 1. The monoisotopic (exact) mass is 387 g/mol. The summed E-state index contributed by atoms with van der Waals surface area (Å²) in [5, 5.41) is 15.6. The highest BCUT2D eigenvalue weighted by Crippen LogP contribution is 2.32. The van der Waals surface area contributed by atoms with Crippen molar-refractivity contribution in [1.29, 1.82) is 0 Å². The third-order valence-electron chi connectivity index (χ3n) is 4.52. The molecule has 0 aliphatic heterocycles. The number of aromatic hydroxyl groups is 1. The van der Waals surface area contributed by atoms with E-state index in [-0.39, 0.29) is 23.0 Å². The van der Waals surface area contributed by atoms with Gasteiger partial charge in [0.15, 0.2) is 5.69 Å². The molecule has 3 rings (SSSR count). The number of carbonyl (C=O) groups is 1. The zero-order chi connectivity index (χ0) is 18.9. The summed E-state index contributed by atoms with van der Waals surface area (Å²) in [6, 6.07) is 5.48. The van der Waals surface area contributed by atoms with E-state index in [2.05, 4.69) is 5.10 Å². The normalized spacial score (nSPS) is 14.9. The average Bonchev–Trinajstić information content (AvgIpc) is 3.03. The molecule has 5 nitrogen and oxygen atoms in total. The number of phenolic OH excluding ortho intramolecular Hbond substituents is 1. The van der Waals surface area contributed by atoms with Crippen molar-refractivity contribution in [3.63, 3.8) is 0 Å². The third-order valence-corrected chi connectivity index (χ3v) is 4.83. The number of aromatic amines is 1. The number of hydrogen-bond donors (Lipinski definition) is 2. The SMILES string of the molecule is O=C(c1cc(C(F)(F)F)[nH]n1)N(Cc1cccc(Cl)c1O)CC1CCC1. The highest BCUT2D eigenvalue weighted by atomic mass is 35.5. The van der Waals surface area contributed by atoms with Gasteiger partial charge in [-0.3, -0.25) is 9.89 Å². The van der Waals surface area contributed by atoms with Gasteiger partial charge in [-0.2, -0.15) is 18.3 Å². The maximum absolute atomic E-state index is 12.7. The van der Waals surface area contributed by atoms with Crippen LogP contribution in [0.5, 0.6) is 5.75 Å². The minimum atomic E-state index is -4.60. The van der Waals surface area contributed by atoms with Gasteiger partial charge in [0.1, 0.15) is 11.4 Å². The molecule has 9 heteroatoms. The quantitative estimate of drug-likeness (QED) is 0.806.